The van der Waals surface area contributed by atoms with Crippen LogP contribution >= 0.6 is 0 Å². The molecule has 28 heavy (non-hydrogen) atoms. The number of ether oxygens (including phenoxy) is 2. The number of carbonyl (C=O) groups is 1. The minimum atomic E-state index is -2.33. The predicted molar refractivity (Wildman–Crippen MR) is 96.0 cm³/mol. The van der Waals surface area contributed by atoms with Gasteiger partial charge in [0, 0.05) is 18.0 Å². The van der Waals surface area contributed by atoms with Gasteiger partial charge in [0.2, 0.25) is 18.2 Å². The molecule has 1 aliphatic carbocycles. The standard InChI is InChI=1S/C19H26F3N3O3/c1-27-18-12(10-24-17(26)15-3-2-8-23-15)9-14(20)19(25-18)28-13-6-4-11(5-7-13)16(21)22/h9,11,13,15-16,23H,2-8,10H2,1H3,(H,24,26). The molecule has 1 saturated carbocycles. The van der Waals surface area contributed by atoms with E-state index in [-0.39, 0.29) is 36.4 Å². The number of halogens is 3. The minimum Gasteiger partial charge on any atom is -0.481 e. The summed E-state index contributed by atoms with van der Waals surface area (Å²) in [4.78, 5) is 16.2. The van der Waals surface area contributed by atoms with Crippen LogP contribution in [0.2, 0.25) is 0 Å². The van der Waals surface area contributed by atoms with Gasteiger partial charge in [-0.1, -0.05) is 0 Å². The summed E-state index contributed by atoms with van der Waals surface area (Å²) >= 11 is 0. The number of carbonyl (C=O) groups excluding carboxylic acids is 1. The lowest BCUT2D eigenvalue weighted by atomic mass is 9.88. The fourth-order valence-electron chi connectivity index (χ4n) is 3.71. The molecule has 6 nitrogen and oxygen atoms in total. The second kappa shape index (κ2) is 9.45. The van der Waals surface area contributed by atoms with Crippen molar-refractivity contribution in [2.75, 3.05) is 13.7 Å². The molecule has 2 N–H and O–H groups in total. The number of alkyl halides is 2. The molecule has 9 heteroatoms. The van der Waals surface area contributed by atoms with E-state index >= 15 is 0 Å². The van der Waals surface area contributed by atoms with Gasteiger partial charge in [0.15, 0.2) is 5.82 Å². The first kappa shape index (κ1) is 20.7. The predicted octanol–water partition coefficient (Wildman–Crippen LogP) is 2.80. The van der Waals surface area contributed by atoms with E-state index in [1.165, 1.54) is 13.2 Å². The van der Waals surface area contributed by atoms with E-state index in [0.717, 1.165) is 19.4 Å². The maximum absolute atomic E-state index is 14.5. The topological polar surface area (TPSA) is 72.5 Å². The third-order valence-corrected chi connectivity index (χ3v) is 5.36. The number of aromatic nitrogens is 1. The molecule has 1 saturated heterocycles. The van der Waals surface area contributed by atoms with Gasteiger partial charge in [-0.25, -0.2) is 13.2 Å². The third-order valence-electron chi connectivity index (χ3n) is 5.36. The Morgan fingerprint density at radius 3 is 2.64 bits per heavy atom. The highest BCUT2D eigenvalue weighted by molar-refractivity contribution is 5.82. The zero-order valence-electron chi connectivity index (χ0n) is 15.8. The van der Waals surface area contributed by atoms with E-state index in [0.29, 0.717) is 31.2 Å². The smallest absolute Gasteiger partial charge is 0.254 e. The summed E-state index contributed by atoms with van der Waals surface area (Å²) in [5.41, 5.74) is 0.403. The summed E-state index contributed by atoms with van der Waals surface area (Å²) in [6.45, 7) is 0.896. The maximum atomic E-state index is 14.5. The van der Waals surface area contributed by atoms with Gasteiger partial charge in [0.05, 0.1) is 13.2 Å². The van der Waals surface area contributed by atoms with Crippen molar-refractivity contribution in [3.8, 4) is 11.8 Å². The molecule has 0 spiro atoms. The van der Waals surface area contributed by atoms with Crippen molar-refractivity contribution in [1.82, 2.24) is 15.6 Å². The van der Waals surface area contributed by atoms with Gasteiger partial charge < -0.3 is 20.1 Å². The van der Waals surface area contributed by atoms with Crippen LogP contribution in [-0.4, -0.2) is 43.1 Å². The van der Waals surface area contributed by atoms with Crippen molar-refractivity contribution in [3.05, 3.63) is 17.4 Å². The normalized spacial score (nSPS) is 25.0. The Morgan fingerprint density at radius 1 is 1.29 bits per heavy atom. The quantitative estimate of drug-likeness (QED) is 0.735. The molecule has 1 aliphatic heterocycles. The first-order chi connectivity index (χ1) is 13.5. The third kappa shape index (κ3) is 5.06. The molecule has 1 unspecified atom stereocenters. The summed E-state index contributed by atoms with van der Waals surface area (Å²) in [5, 5.41) is 5.86. The van der Waals surface area contributed by atoms with Crippen LogP contribution in [0.15, 0.2) is 6.07 Å². The number of nitrogens with zero attached hydrogens (tertiary/aromatic N) is 1. The zero-order chi connectivity index (χ0) is 20.1. The van der Waals surface area contributed by atoms with Crippen LogP contribution in [0.3, 0.4) is 0 Å². The highest BCUT2D eigenvalue weighted by Crippen LogP contribution is 2.32. The highest BCUT2D eigenvalue weighted by atomic mass is 19.3. The van der Waals surface area contributed by atoms with E-state index in [2.05, 4.69) is 15.6 Å². The second-order valence-corrected chi connectivity index (χ2v) is 7.30. The molecule has 0 aromatic carbocycles. The largest absolute Gasteiger partial charge is 0.481 e. The van der Waals surface area contributed by atoms with Gasteiger partial charge in [-0.15, -0.1) is 0 Å². The highest BCUT2D eigenvalue weighted by Gasteiger charge is 2.29. The van der Waals surface area contributed by atoms with Gasteiger partial charge in [-0.3, -0.25) is 4.79 Å². The number of hydrogen-bond acceptors (Lipinski definition) is 5. The van der Waals surface area contributed by atoms with Gasteiger partial charge in [0.25, 0.3) is 5.88 Å². The number of nitrogens with one attached hydrogen (secondary N) is 2. The van der Waals surface area contributed by atoms with E-state index in [1.807, 2.05) is 0 Å². The molecule has 3 rings (SSSR count). The average Bonchev–Trinajstić information content (AvgIpc) is 3.23. The molecule has 1 aromatic heterocycles. The Hall–Kier alpha value is -2.03. The summed E-state index contributed by atoms with van der Waals surface area (Å²) in [5.74, 6) is -1.47. The molecule has 2 heterocycles. The average molecular weight is 401 g/mol. The molecule has 156 valence electrons. The van der Waals surface area contributed by atoms with Crippen molar-refractivity contribution in [2.45, 2.75) is 63.6 Å². The van der Waals surface area contributed by atoms with E-state index in [9.17, 15) is 18.0 Å². The van der Waals surface area contributed by atoms with Gasteiger partial charge in [0.1, 0.15) is 6.10 Å². The van der Waals surface area contributed by atoms with Crippen molar-refractivity contribution in [3.63, 3.8) is 0 Å². The SMILES string of the molecule is COc1nc(OC2CCC(C(F)F)CC2)c(F)cc1CNC(=O)C1CCCN1. The number of hydrogen-bond donors (Lipinski definition) is 2. The molecule has 2 aliphatic rings. The van der Waals surface area contributed by atoms with Crippen LogP contribution < -0.4 is 20.1 Å². The van der Waals surface area contributed by atoms with Crippen LogP contribution in [0.1, 0.15) is 44.1 Å². The van der Waals surface area contributed by atoms with Crippen molar-refractivity contribution in [2.24, 2.45) is 5.92 Å². The number of amides is 1. The molecule has 0 bridgehead atoms. The number of methoxy groups -OCH3 is 1. The van der Waals surface area contributed by atoms with E-state index in [4.69, 9.17) is 9.47 Å². The Bertz CT molecular complexity index is 676. The summed E-state index contributed by atoms with van der Waals surface area (Å²) in [7, 11) is 1.40. The minimum absolute atomic E-state index is 0.0872. The lowest BCUT2D eigenvalue weighted by Gasteiger charge is -2.28. The van der Waals surface area contributed by atoms with E-state index < -0.39 is 18.2 Å². The Balaban J connectivity index is 1.60. The van der Waals surface area contributed by atoms with Crippen molar-refractivity contribution < 1.29 is 27.4 Å². The van der Waals surface area contributed by atoms with Crippen LogP contribution in [0, 0.1) is 11.7 Å². The molecule has 1 atom stereocenters. The van der Waals surface area contributed by atoms with Gasteiger partial charge >= 0.3 is 0 Å². The fourth-order valence-corrected chi connectivity index (χ4v) is 3.71. The second-order valence-electron chi connectivity index (χ2n) is 7.30. The molecule has 2 fully saturated rings. The number of rotatable bonds is 7. The number of pyridine rings is 1. The molecule has 1 aromatic rings. The monoisotopic (exact) mass is 401 g/mol. The Kier molecular flexibility index (Phi) is 6.98. The maximum Gasteiger partial charge on any atom is 0.254 e. The Labute approximate surface area is 162 Å². The zero-order valence-corrected chi connectivity index (χ0v) is 15.8. The summed E-state index contributed by atoms with van der Waals surface area (Å²) in [6.07, 6.45) is 0.611. The molecular weight excluding hydrogens is 375 g/mol. The van der Waals surface area contributed by atoms with Crippen LogP contribution in [0.5, 0.6) is 11.8 Å². The fraction of sp³-hybridized carbons (Fsp3) is 0.684. The van der Waals surface area contributed by atoms with Crippen LogP contribution in [0.25, 0.3) is 0 Å². The molecular formula is C19H26F3N3O3. The first-order valence-electron chi connectivity index (χ1n) is 9.67. The molecule has 0 radical (unpaired) electrons. The van der Waals surface area contributed by atoms with Crippen LogP contribution in [0.4, 0.5) is 13.2 Å². The first-order valence-corrected chi connectivity index (χ1v) is 9.67. The van der Waals surface area contributed by atoms with Gasteiger partial charge in [-0.2, -0.15) is 4.98 Å². The van der Waals surface area contributed by atoms with Crippen molar-refractivity contribution in [1.29, 1.82) is 0 Å². The Morgan fingerprint density at radius 2 is 2.04 bits per heavy atom. The lowest BCUT2D eigenvalue weighted by molar-refractivity contribution is -0.122. The van der Waals surface area contributed by atoms with Crippen LogP contribution in [-0.2, 0) is 11.3 Å². The van der Waals surface area contributed by atoms with Crippen molar-refractivity contribution >= 4 is 5.91 Å². The lowest BCUT2D eigenvalue weighted by Crippen LogP contribution is -2.40. The van der Waals surface area contributed by atoms with Gasteiger partial charge in [-0.05, 0) is 51.1 Å². The molecule has 1 amide bonds. The van der Waals surface area contributed by atoms with E-state index in [1.54, 1.807) is 0 Å². The summed E-state index contributed by atoms with van der Waals surface area (Å²) in [6, 6.07) is 1.00. The summed E-state index contributed by atoms with van der Waals surface area (Å²) < 4.78 is 50.8.